The van der Waals surface area contributed by atoms with Crippen LogP contribution in [0.1, 0.15) is 18.9 Å². The fourth-order valence-corrected chi connectivity index (χ4v) is 3.67. The van der Waals surface area contributed by atoms with Gasteiger partial charge in [0, 0.05) is 6.08 Å². The highest BCUT2D eigenvalue weighted by Crippen LogP contribution is 2.45. The van der Waals surface area contributed by atoms with Gasteiger partial charge in [-0.25, -0.2) is 0 Å². The summed E-state index contributed by atoms with van der Waals surface area (Å²) in [7, 11) is 2.97. The molecule has 0 aromatic heterocycles. The summed E-state index contributed by atoms with van der Waals surface area (Å²) in [5.74, 6) is 1.60. The normalized spacial score (nSPS) is 22.0. The standard InChI is InChI=1S/C21H24O6/c1-5-6-21(11-18-15(10-19(21)22)26-12-27-18)13(2)7-14-8-16(24-3)20(23)17(9-14)25-4/h5,8-11,13,23H,1,6-7,12H2,2-4H3. The van der Waals surface area contributed by atoms with Gasteiger partial charge in [0.2, 0.25) is 12.5 Å². The van der Waals surface area contributed by atoms with Crippen molar-refractivity contribution in [3.05, 3.63) is 54.0 Å². The van der Waals surface area contributed by atoms with E-state index < -0.39 is 5.41 Å². The molecular weight excluding hydrogens is 348 g/mol. The van der Waals surface area contributed by atoms with E-state index >= 15 is 0 Å². The number of ether oxygens (including phenoxy) is 4. The Balaban J connectivity index is 1.96. The number of phenolic OH excluding ortho intramolecular Hbond substituents is 1. The second-order valence-electron chi connectivity index (χ2n) is 6.78. The van der Waals surface area contributed by atoms with E-state index in [1.165, 1.54) is 20.3 Å². The third kappa shape index (κ3) is 3.27. The predicted octanol–water partition coefficient (Wildman–Crippen LogP) is 3.51. The highest BCUT2D eigenvalue weighted by atomic mass is 16.7. The number of rotatable bonds is 7. The third-order valence-corrected chi connectivity index (χ3v) is 5.22. The average molecular weight is 372 g/mol. The van der Waals surface area contributed by atoms with Crippen LogP contribution in [0.4, 0.5) is 0 Å². The van der Waals surface area contributed by atoms with Crippen LogP contribution in [-0.4, -0.2) is 31.9 Å². The zero-order valence-electron chi connectivity index (χ0n) is 15.8. The Morgan fingerprint density at radius 2 is 1.89 bits per heavy atom. The zero-order valence-corrected chi connectivity index (χ0v) is 15.8. The minimum Gasteiger partial charge on any atom is -0.502 e. The lowest BCUT2D eigenvalue weighted by Crippen LogP contribution is -2.38. The molecule has 1 saturated heterocycles. The molecule has 1 aliphatic carbocycles. The molecule has 27 heavy (non-hydrogen) atoms. The molecule has 0 spiro atoms. The van der Waals surface area contributed by atoms with E-state index in [-0.39, 0.29) is 24.2 Å². The number of phenols is 1. The monoisotopic (exact) mass is 372 g/mol. The molecule has 1 heterocycles. The minimum atomic E-state index is -0.771. The summed E-state index contributed by atoms with van der Waals surface area (Å²) in [4.78, 5) is 13.0. The molecule has 1 aliphatic heterocycles. The van der Waals surface area contributed by atoms with Crippen LogP contribution in [0.3, 0.4) is 0 Å². The summed E-state index contributed by atoms with van der Waals surface area (Å²) < 4.78 is 21.3. The zero-order chi connectivity index (χ0) is 19.6. The topological polar surface area (TPSA) is 74.2 Å². The summed E-state index contributed by atoms with van der Waals surface area (Å²) in [6.07, 6.45) is 6.17. The molecule has 6 nitrogen and oxygen atoms in total. The van der Waals surface area contributed by atoms with Crippen LogP contribution in [0, 0.1) is 11.3 Å². The molecule has 3 rings (SSSR count). The molecular formula is C21H24O6. The van der Waals surface area contributed by atoms with Gasteiger partial charge in [-0.2, -0.15) is 0 Å². The van der Waals surface area contributed by atoms with E-state index in [9.17, 15) is 9.90 Å². The van der Waals surface area contributed by atoms with Gasteiger partial charge in [0.05, 0.1) is 19.6 Å². The van der Waals surface area contributed by atoms with Crippen LogP contribution in [0.2, 0.25) is 0 Å². The van der Waals surface area contributed by atoms with Crippen molar-refractivity contribution >= 4 is 5.78 Å². The average Bonchev–Trinajstić information content (AvgIpc) is 3.09. The van der Waals surface area contributed by atoms with Crippen molar-refractivity contribution in [2.24, 2.45) is 11.3 Å². The Hall–Kier alpha value is -2.89. The summed E-state index contributed by atoms with van der Waals surface area (Å²) >= 11 is 0. The van der Waals surface area contributed by atoms with Gasteiger partial charge in [-0.1, -0.05) is 13.0 Å². The smallest absolute Gasteiger partial charge is 0.231 e. The van der Waals surface area contributed by atoms with E-state index in [1.54, 1.807) is 18.2 Å². The Morgan fingerprint density at radius 3 is 2.48 bits per heavy atom. The number of benzene rings is 1. The fraction of sp³-hybridized carbons (Fsp3) is 0.381. The van der Waals surface area contributed by atoms with Gasteiger partial charge in [-0.3, -0.25) is 4.79 Å². The molecule has 0 amide bonds. The number of methoxy groups -OCH3 is 2. The first kappa shape index (κ1) is 18.9. The predicted molar refractivity (Wildman–Crippen MR) is 99.5 cm³/mol. The van der Waals surface area contributed by atoms with Crippen LogP contribution >= 0.6 is 0 Å². The molecule has 144 valence electrons. The molecule has 6 heteroatoms. The van der Waals surface area contributed by atoms with Crippen LogP contribution in [0.5, 0.6) is 17.2 Å². The summed E-state index contributed by atoms with van der Waals surface area (Å²) in [5, 5.41) is 10.1. The molecule has 2 atom stereocenters. The van der Waals surface area contributed by atoms with Gasteiger partial charge in [-0.05, 0) is 42.5 Å². The summed E-state index contributed by atoms with van der Waals surface area (Å²) in [6.45, 7) is 5.96. The number of hydrogen-bond donors (Lipinski definition) is 1. The lowest BCUT2D eigenvalue weighted by Gasteiger charge is -2.35. The van der Waals surface area contributed by atoms with Gasteiger partial charge < -0.3 is 24.1 Å². The third-order valence-electron chi connectivity index (χ3n) is 5.22. The summed E-state index contributed by atoms with van der Waals surface area (Å²) in [5.41, 5.74) is 0.120. The maximum Gasteiger partial charge on any atom is 0.231 e. The Morgan fingerprint density at radius 1 is 1.26 bits per heavy atom. The molecule has 1 fully saturated rings. The van der Waals surface area contributed by atoms with Gasteiger partial charge in [0.25, 0.3) is 0 Å². The van der Waals surface area contributed by atoms with Crippen molar-refractivity contribution in [1.82, 2.24) is 0 Å². The number of aromatic hydroxyl groups is 1. The Kier molecular flexibility index (Phi) is 5.17. The minimum absolute atomic E-state index is 0.0307. The second-order valence-corrected chi connectivity index (χ2v) is 6.78. The van der Waals surface area contributed by atoms with Gasteiger partial charge in [0.1, 0.15) is 0 Å². The molecule has 0 saturated carbocycles. The van der Waals surface area contributed by atoms with E-state index in [1.807, 2.05) is 13.0 Å². The number of carbonyl (C=O) groups is 1. The molecule has 1 aromatic carbocycles. The van der Waals surface area contributed by atoms with Crippen molar-refractivity contribution in [2.45, 2.75) is 19.8 Å². The van der Waals surface area contributed by atoms with Crippen molar-refractivity contribution in [3.8, 4) is 17.2 Å². The quantitative estimate of drug-likeness (QED) is 0.739. The Bertz CT molecular complexity index is 797. The van der Waals surface area contributed by atoms with Gasteiger partial charge in [0.15, 0.2) is 28.8 Å². The van der Waals surface area contributed by atoms with Crippen LogP contribution in [-0.2, 0) is 20.7 Å². The van der Waals surface area contributed by atoms with Gasteiger partial charge >= 0.3 is 0 Å². The highest BCUT2D eigenvalue weighted by molar-refractivity contribution is 5.99. The van der Waals surface area contributed by atoms with E-state index in [0.717, 1.165) is 5.56 Å². The van der Waals surface area contributed by atoms with Crippen molar-refractivity contribution < 1.29 is 28.8 Å². The molecule has 1 N–H and O–H groups in total. The van der Waals surface area contributed by atoms with E-state index in [4.69, 9.17) is 18.9 Å². The van der Waals surface area contributed by atoms with Crippen LogP contribution < -0.4 is 9.47 Å². The molecule has 0 bridgehead atoms. The SMILES string of the molecule is C=CCC1(C(C)Cc2cc(OC)c(O)c(OC)c2)C=C2OCOC2=CC1=O. The lowest BCUT2D eigenvalue weighted by atomic mass is 9.66. The largest absolute Gasteiger partial charge is 0.502 e. The maximum absolute atomic E-state index is 13.0. The van der Waals surface area contributed by atoms with E-state index in [0.29, 0.717) is 35.9 Å². The van der Waals surface area contributed by atoms with E-state index in [2.05, 4.69) is 6.58 Å². The summed E-state index contributed by atoms with van der Waals surface area (Å²) in [6, 6.07) is 3.51. The van der Waals surface area contributed by atoms with Gasteiger partial charge in [-0.15, -0.1) is 6.58 Å². The first-order valence-electron chi connectivity index (χ1n) is 8.75. The second kappa shape index (κ2) is 7.39. The fourth-order valence-electron chi connectivity index (χ4n) is 3.67. The number of carbonyl (C=O) groups excluding carboxylic acids is 1. The highest BCUT2D eigenvalue weighted by Gasteiger charge is 2.44. The van der Waals surface area contributed by atoms with Crippen molar-refractivity contribution in [3.63, 3.8) is 0 Å². The Labute approximate surface area is 158 Å². The van der Waals surface area contributed by atoms with Crippen molar-refractivity contribution in [2.75, 3.05) is 21.0 Å². The molecule has 2 unspecified atom stereocenters. The maximum atomic E-state index is 13.0. The number of hydrogen-bond acceptors (Lipinski definition) is 6. The van der Waals surface area contributed by atoms with Crippen molar-refractivity contribution in [1.29, 1.82) is 0 Å². The number of allylic oxidation sites excluding steroid dienone is 3. The first-order chi connectivity index (χ1) is 12.9. The number of ketones is 1. The lowest BCUT2D eigenvalue weighted by molar-refractivity contribution is -0.124. The molecule has 2 aliphatic rings. The molecule has 0 radical (unpaired) electrons. The van der Waals surface area contributed by atoms with Crippen LogP contribution in [0.25, 0.3) is 0 Å². The van der Waals surface area contributed by atoms with Crippen LogP contribution in [0.15, 0.2) is 48.5 Å². The molecule has 1 aromatic rings. The number of fused-ring (bicyclic) bond motifs is 1. The first-order valence-corrected chi connectivity index (χ1v) is 8.75.